The highest BCUT2D eigenvalue weighted by atomic mass is 35.5. The Kier molecular flexibility index (Phi) is 5.71. The van der Waals surface area contributed by atoms with Gasteiger partial charge in [0, 0.05) is 18.6 Å². The Labute approximate surface area is 137 Å². The largest absolute Gasteiger partial charge is 0.495 e. The normalized spacial score (nSPS) is 21.5. The minimum absolute atomic E-state index is 0.0279. The molecule has 2 atom stereocenters. The van der Waals surface area contributed by atoms with E-state index in [9.17, 15) is 8.42 Å². The molecule has 0 bridgehead atoms. The van der Waals surface area contributed by atoms with Gasteiger partial charge in [-0.2, -0.15) is 0 Å². The molecule has 1 aliphatic heterocycles. The maximum atomic E-state index is 11.4. The van der Waals surface area contributed by atoms with Crippen molar-refractivity contribution in [3.05, 3.63) is 28.8 Å². The van der Waals surface area contributed by atoms with E-state index in [1.165, 1.54) is 6.26 Å². The molecule has 0 aliphatic carbocycles. The lowest BCUT2D eigenvalue weighted by atomic mass is 10.0. The summed E-state index contributed by atoms with van der Waals surface area (Å²) in [4.78, 5) is 2.28. The molecule has 0 saturated carbocycles. The smallest absolute Gasteiger partial charge is 0.208 e. The zero-order chi connectivity index (χ0) is 16.3. The number of nitrogens with one attached hydrogen (secondary N) is 1. The van der Waals surface area contributed by atoms with Crippen LogP contribution >= 0.6 is 11.6 Å². The monoisotopic (exact) mass is 346 g/mol. The van der Waals surface area contributed by atoms with Crippen molar-refractivity contribution in [1.29, 1.82) is 0 Å². The Hall–Kier alpha value is -0.820. The van der Waals surface area contributed by atoms with Gasteiger partial charge in [-0.15, -0.1) is 0 Å². The van der Waals surface area contributed by atoms with Crippen molar-refractivity contribution >= 4 is 21.6 Å². The number of hydrogen-bond donors (Lipinski definition) is 1. The molecule has 0 spiro atoms. The fraction of sp³-hybridized carbons (Fsp3) is 0.600. The van der Waals surface area contributed by atoms with Crippen LogP contribution in [0.3, 0.4) is 0 Å². The second kappa shape index (κ2) is 7.17. The van der Waals surface area contributed by atoms with Gasteiger partial charge in [0.2, 0.25) is 10.0 Å². The maximum absolute atomic E-state index is 11.4. The van der Waals surface area contributed by atoms with Crippen LogP contribution in [0.15, 0.2) is 18.2 Å². The Morgan fingerprint density at radius 1 is 1.45 bits per heavy atom. The van der Waals surface area contributed by atoms with Crippen molar-refractivity contribution in [3.63, 3.8) is 0 Å². The second-order valence-corrected chi connectivity index (χ2v) is 7.98. The molecule has 0 radical (unpaired) electrons. The van der Waals surface area contributed by atoms with Crippen molar-refractivity contribution in [3.8, 4) is 5.75 Å². The molecule has 7 heteroatoms. The molecule has 1 aromatic rings. The number of methoxy groups -OCH3 is 1. The van der Waals surface area contributed by atoms with Gasteiger partial charge in [-0.3, -0.25) is 4.90 Å². The SMILES string of the molecule is COc1ccc([C@H](C)N2CCC[C@@H](NS(C)(=O)=O)C2)cc1Cl. The number of ether oxygens (including phenoxy) is 1. The lowest BCUT2D eigenvalue weighted by molar-refractivity contribution is 0.154. The van der Waals surface area contributed by atoms with Gasteiger partial charge in [-0.25, -0.2) is 13.1 Å². The molecule has 22 heavy (non-hydrogen) atoms. The van der Waals surface area contributed by atoms with E-state index in [-0.39, 0.29) is 12.1 Å². The van der Waals surface area contributed by atoms with Gasteiger partial charge in [0.1, 0.15) is 5.75 Å². The van der Waals surface area contributed by atoms with Gasteiger partial charge in [0.15, 0.2) is 0 Å². The van der Waals surface area contributed by atoms with E-state index in [1.807, 2.05) is 18.2 Å². The Balaban J connectivity index is 2.08. The standard InChI is InChI=1S/C15H23ClN2O3S/c1-11(12-6-7-15(21-2)14(16)9-12)18-8-4-5-13(10-18)17-22(3,19)20/h6-7,9,11,13,17H,4-5,8,10H2,1-3H3/t11-,13+/m0/s1. The second-order valence-electron chi connectivity index (χ2n) is 5.79. The summed E-state index contributed by atoms with van der Waals surface area (Å²) in [6.07, 6.45) is 3.06. The lowest BCUT2D eigenvalue weighted by Crippen LogP contribution is -2.47. The highest BCUT2D eigenvalue weighted by Gasteiger charge is 2.26. The van der Waals surface area contributed by atoms with Crippen molar-refractivity contribution < 1.29 is 13.2 Å². The summed E-state index contributed by atoms with van der Waals surface area (Å²) in [6, 6.07) is 5.93. The van der Waals surface area contributed by atoms with Crippen molar-refractivity contribution in [2.45, 2.75) is 31.8 Å². The van der Waals surface area contributed by atoms with Gasteiger partial charge < -0.3 is 4.74 Å². The van der Waals surface area contributed by atoms with Crippen molar-refractivity contribution in [2.24, 2.45) is 0 Å². The predicted octanol–water partition coefficient (Wildman–Crippen LogP) is 2.42. The molecule has 0 aromatic heterocycles. The molecule has 1 N–H and O–H groups in total. The molecule has 0 unspecified atom stereocenters. The van der Waals surface area contributed by atoms with Gasteiger partial charge >= 0.3 is 0 Å². The third-order valence-corrected chi connectivity index (χ3v) is 5.10. The van der Waals surface area contributed by atoms with E-state index < -0.39 is 10.0 Å². The molecular formula is C15H23ClN2O3S. The predicted molar refractivity (Wildman–Crippen MR) is 89.0 cm³/mol. The van der Waals surface area contributed by atoms with E-state index in [0.717, 1.165) is 24.9 Å². The van der Waals surface area contributed by atoms with Crippen LogP contribution < -0.4 is 9.46 Å². The average molecular weight is 347 g/mol. The van der Waals surface area contributed by atoms with Crippen LogP contribution in [0.25, 0.3) is 0 Å². The quantitative estimate of drug-likeness (QED) is 0.889. The highest BCUT2D eigenvalue weighted by molar-refractivity contribution is 7.88. The van der Waals surface area contributed by atoms with Gasteiger partial charge in [-0.05, 0) is 44.0 Å². The molecule has 124 valence electrons. The topological polar surface area (TPSA) is 58.6 Å². The molecule has 1 aromatic carbocycles. The van der Waals surface area contributed by atoms with Crippen molar-refractivity contribution in [2.75, 3.05) is 26.5 Å². The minimum atomic E-state index is -3.17. The number of benzene rings is 1. The first-order valence-corrected chi connectivity index (χ1v) is 9.62. The van der Waals surface area contributed by atoms with Crippen molar-refractivity contribution in [1.82, 2.24) is 9.62 Å². The number of piperidine rings is 1. The van der Waals surface area contributed by atoms with Gasteiger partial charge in [0.25, 0.3) is 0 Å². The number of hydrogen-bond acceptors (Lipinski definition) is 4. The van der Waals surface area contributed by atoms with E-state index in [2.05, 4.69) is 16.5 Å². The lowest BCUT2D eigenvalue weighted by Gasteiger charge is -2.37. The molecule has 5 nitrogen and oxygen atoms in total. The number of sulfonamides is 1. The van der Waals surface area contributed by atoms with Gasteiger partial charge in [-0.1, -0.05) is 17.7 Å². The fourth-order valence-electron chi connectivity index (χ4n) is 2.91. The summed E-state index contributed by atoms with van der Waals surface area (Å²) in [5.41, 5.74) is 1.10. The first-order chi connectivity index (χ1) is 10.3. The molecular weight excluding hydrogens is 324 g/mol. The molecule has 1 heterocycles. The Morgan fingerprint density at radius 3 is 2.77 bits per heavy atom. The average Bonchev–Trinajstić information content (AvgIpc) is 2.45. The zero-order valence-corrected chi connectivity index (χ0v) is 14.7. The summed E-state index contributed by atoms with van der Waals surface area (Å²) in [5.74, 6) is 0.660. The first-order valence-electron chi connectivity index (χ1n) is 7.35. The number of nitrogens with zero attached hydrogens (tertiary/aromatic N) is 1. The summed E-state index contributed by atoms with van der Waals surface area (Å²) in [5, 5.41) is 0.592. The molecule has 0 amide bonds. The number of likely N-dealkylation sites (tertiary alicyclic amines) is 1. The third-order valence-electron chi connectivity index (χ3n) is 4.04. The van der Waals surface area contributed by atoms with Crippen LogP contribution in [0.2, 0.25) is 5.02 Å². The van der Waals surface area contributed by atoms with Crippen LogP contribution in [0.5, 0.6) is 5.75 Å². The van der Waals surface area contributed by atoms with Crippen LogP contribution in [0, 0.1) is 0 Å². The van der Waals surface area contributed by atoms with E-state index in [1.54, 1.807) is 7.11 Å². The Morgan fingerprint density at radius 2 is 2.18 bits per heavy atom. The summed E-state index contributed by atoms with van der Waals surface area (Å²) >= 11 is 6.19. The molecule has 1 saturated heterocycles. The number of halogens is 1. The van der Waals surface area contributed by atoms with Gasteiger partial charge in [0.05, 0.1) is 18.4 Å². The molecule has 2 rings (SSSR count). The first kappa shape index (κ1) is 17.5. The molecule has 1 fully saturated rings. The fourth-order valence-corrected chi connectivity index (χ4v) is 3.97. The van der Waals surface area contributed by atoms with Crippen LogP contribution in [0.1, 0.15) is 31.4 Å². The zero-order valence-electron chi connectivity index (χ0n) is 13.2. The summed E-state index contributed by atoms with van der Waals surface area (Å²) in [7, 11) is -1.57. The van der Waals surface area contributed by atoms with E-state index >= 15 is 0 Å². The van der Waals surface area contributed by atoms with Crippen LogP contribution in [-0.4, -0.2) is 45.8 Å². The maximum Gasteiger partial charge on any atom is 0.208 e. The van der Waals surface area contributed by atoms with E-state index in [0.29, 0.717) is 17.3 Å². The third kappa shape index (κ3) is 4.59. The Bertz CT molecular complexity index is 621. The van der Waals surface area contributed by atoms with Crippen LogP contribution in [0.4, 0.5) is 0 Å². The highest BCUT2D eigenvalue weighted by Crippen LogP contribution is 2.31. The minimum Gasteiger partial charge on any atom is -0.495 e. The van der Waals surface area contributed by atoms with E-state index in [4.69, 9.17) is 16.3 Å². The molecule has 1 aliphatic rings. The summed E-state index contributed by atoms with van der Waals surface area (Å²) < 4.78 is 30.7. The number of rotatable bonds is 5. The summed E-state index contributed by atoms with van der Waals surface area (Å²) in [6.45, 7) is 3.77. The van der Waals surface area contributed by atoms with Crippen LogP contribution in [-0.2, 0) is 10.0 Å².